The summed E-state index contributed by atoms with van der Waals surface area (Å²) in [5, 5.41) is 0.549. The minimum atomic E-state index is -0.345. The molecule has 0 aliphatic heterocycles. The first-order chi connectivity index (χ1) is 9.84. The highest BCUT2D eigenvalue weighted by atomic mass is 32.2. The SMILES string of the molecule is Cc1cnc2c(c1SCCC(C)C)c(=O)n(C)c(=O)n2C. The van der Waals surface area contributed by atoms with Gasteiger partial charge in [0.1, 0.15) is 5.65 Å². The lowest BCUT2D eigenvalue weighted by molar-refractivity contribution is 0.632. The van der Waals surface area contributed by atoms with Gasteiger partial charge in [0.15, 0.2) is 0 Å². The van der Waals surface area contributed by atoms with Crippen molar-refractivity contribution in [3.63, 3.8) is 0 Å². The highest BCUT2D eigenvalue weighted by Crippen LogP contribution is 2.28. The van der Waals surface area contributed by atoms with Crippen LogP contribution in [0.15, 0.2) is 20.7 Å². The maximum Gasteiger partial charge on any atom is 0.332 e. The van der Waals surface area contributed by atoms with Gasteiger partial charge in [0.2, 0.25) is 0 Å². The van der Waals surface area contributed by atoms with Gasteiger partial charge in [-0.05, 0) is 30.6 Å². The molecule has 0 atom stereocenters. The molecule has 0 fully saturated rings. The van der Waals surface area contributed by atoms with E-state index >= 15 is 0 Å². The van der Waals surface area contributed by atoms with Crippen molar-refractivity contribution in [2.45, 2.75) is 32.1 Å². The fourth-order valence-corrected chi connectivity index (χ4v) is 3.58. The van der Waals surface area contributed by atoms with E-state index in [0.29, 0.717) is 17.0 Å². The Morgan fingerprint density at radius 1 is 1.24 bits per heavy atom. The normalized spacial score (nSPS) is 11.5. The number of hydrogen-bond donors (Lipinski definition) is 0. The summed E-state index contributed by atoms with van der Waals surface area (Å²) in [6.45, 7) is 6.32. The van der Waals surface area contributed by atoms with Gasteiger partial charge in [0, 0.05) is 25.2 Å². The van der Waals surface area contributed by atoms with Crippen molar-refractivity contribution >= 4 is 22.8 Å². The second-order valence-electron chi connectivity index (χ2n) is 5.71. The van der Waals surface area contributed by atoms with Gasteiger partial charge in [-0.3, -0.25) is 13.9 Å². The molecule has 21 heavy (non-hydrogen) atoms. The largest absolute Gasteiger partial charge is 0.332 e. The van der Waals surface area contributed by atoms with Crippen molar-refractivity contribution in [1.82, 2.24) is 14.1 Å². The van der Waals surface area contributed by atoms with E-state index in [9.17, 15) is 9.59 Å². The smallest absolute Gasteiger partial charge is 0.280 e. The molecule has 6 heteroatoms. The number of aryl methyl sites for hydroxylation is 2. The summed E-state index contributed by atoms with van der Waals surface area (Å²) < 4.78 is 2.58. The predicted molar refractivity (Wildman–Crippen MR) is 87.1 cm³/mol. The zero-order valence-electron chi connectivity index (χ0n) is 13.1. The fraction of sp³-hybridized carbons (Fsp3) is 0.533. The van der Waals surface area contributed by atoms with Crippen molar-refractivity contribution in [1.29, 1.82) is 0 Å². The van der Waals surface area contributed by atoms with Crippen LogP contribution in [0.5, 0.6) is 0 Å². The summed E-state index contributed by atoms with van der Waals surface area (Å²) in [6, 6.07) is 0. The van der Waals surface area contributed by atoms with Crippen LogP contribution in [0.3, 0.4) is 0 Å². The van der Waals surface area contributed by atoms with Crippen molar-refractivity contribution < 1.29 is 0 Å². The van der Waals surface area contributed by atoms with Gasteiger partial charge in [-0.15, -0.1) is 11.8 Å². The molecule has 0 saturated heterocycles. The van der Waals surface area contributed by atoms with Gasteiger partial charge in [0.25, 0.3) is 5.56 Å². The Balaban J connectivity index is 2.67. The van der Waals surface area contributed by atoms with Crippen LogP contribution in [0.1, 0.15) is 25.8 Å². The van der Waals surface area contributed by atoms with Crippen LogP contribution < -0.4 is 11.2 Å². The molecule has 0 N–H and O–H groups in total. The Hall–Kier alpha value is -1.56. The number of fused-ring (bicyclic) bond motifs is 1. The average Bonchev–Trinajstić information content (AvgIpc) is 2.44. The van der Waals surface area contributed by atoms with Crippen LogP contribution in [-0.4, -0.2) is 19.9 Å². The number of hydrogen-bond acceptors (Lipinski definition) is 4. The highest BCUT2D eigenvalue weighted by molar-refractivity contribution is 7.99. The highest BCUT2D eigenvalue weighted by Gasteiger charge is 2.15. The summed E-state index contributed by atoms with van der Waals surface area (Å²) in [4.78, 5) is 29.7. The number of rotatable bonds is 4. The molecule has 2 aromatic heterocycles. The summed E-state index contributed by atoms with van der Waals surface area (Å²) in [5.74, 6) is 1.57. The fourth-order valence-electron chi connectivity index (χ4n) is 2.18. The molecule has 2 heterocycles. The molecule has 114 valence electrons. The van der Waals surface area contributed by atoms with E-state index in [-0.39, 0.29) is 11.2 Å². The van der Waals surface area contributed by atoms with Crippen molar-refractivity contribution in [2.75, 3.05) is 5.75 Å². The van der Waals surface area contributed by atoms with Crippen LogP contribution >= 0.6 is 11.8 Å². The van der Waals surface area contributed by atoms with Crippen molar-refractivity contribution in [3.8, 4) is 0 Å². The maximum atomic E-state index is 12.5. The second-order valence-corrected chi connectivity index (χ2v) is 6.81. The van der Waals surface area contributed by atoms with Gasteiger partial charge in [-0.1, -0.05) is 13.8 Å². The van der Waals surface area contributed by atoms with Crippen LogP contribution in [0.4, 0.5) is 0 Å². The van der Waals surface area contributed by atoms with E-state index < -0.39 is 0 Å². The molecule has 0 aliphatic carbocycles. The molecule has 0 aromatic carbocycles. The summed E-state index contributed by atoms with van der Waals surface area (Å²) in [5.41, 5.74) is 0.825. The standard InChI is InChI=1S/C15H21N3O2S/c1-9(2)6-7-21-12-10(3)8-16-13-11(12)14(19)18(5)15(20)17(13)4/h8-9H,6-7H2,1-5H3. The van der Waals surface area contributed by atoms with E-state index in [2.05, 4.69) is 18.8 Å². The average molecular weight is 307 g/mol. The molecule has 0 saturated carbocycles. The quantitative estimate of drug-likeness (QED) is 0.812. The number of nitrogens with zero attached hydrogens (tertiary/aromatic N) is 3. The molecule has 5 nitrogen and oxygen atoms in total. The van der Waals surface area contributed by atoms with E-state index in [1.54, 1.807) is 25.0 Å². The molecule has 2 rings (SSSR count). The number of aromatic nitrogens is 3. The minimum Gasteiger partial charge on any atom is -0.280 e. The third-order valence-electron chi connectivity index (χ3n) is 3.54. The monoisotopic (exact) mass is 307 g/mol. The van der Waals surface area contributed by atoms with E-state index in [1.807, 2.05) is 6.92 Å². The predicted octanol–water partition coefficient (Wildman–Crippen LogP) is 2.08. The number of thioether (sulfide) groups is 1. The molecular formula is C15H21N3O2S. The van der Waals surface area contributed by atoms with Gasteiger partial charge < -0.3 is 0 Å². The van der Waals surface area contributed by atoms with Crippen molar-refractivity contribution in [2.24, 2.45) is 20.0 Å². The number of pyridine rings is 1. The Kier molecular flexibility index (Phi) is 4.56. The van der Waals surface area contributed by atoms with E-state index in [1.165, 1.54) is 11.6 Å². The summed E-state index contributed by atoms with van der Waals surface area (Å²) in [7, 11) is 3.16. The molecule has 0 amide bonds. The first-order valence-corrected chi connectivity index (χ1v) is 8.01. The first kappa shape index (κ1) is 15.8. The van der Waals surface area contributed by atoms with Gasteiger partial charge >= 0.3 is 5.69 Å². The topological polar surface area (TPSA) is 56.9 Å². The molecule has 2 aromatic rings. The Bertz CT molecular complexity index is 790. The summed E-state index contributed by atoms with van der Waals surface area (Å²) in [6.07, 6.45) is 2.82. The molecule has 0 radical (unpaired) electrons. The molecule has 0 unspecified atom stereocenters. The van der Waals surface area contributed by atoms with E-state index in [4.69, 9.17) is 0 Å². The first-order valence-electron chi connectivity index (χ1n) is 7.02. The lowest BCUT2D eigenvalue weighted by Crippen LogP contribution is -2.37. The zero-order chi connectivity index (χ0) is 15.7. The minimum absolute atomic E-state index is 0.267. The molecular weight excluding hydrogens is 286 g/mol. The van der Waals surface area contributed by atoms with Crippen LogP contribution in [0, 0.1) is 12.8 Å². The van der Waals surface area contributed by atoms with Crippen LogP contribution in [0.2, 0.25) is 0 Å². The maximum absolute atomic E-state index is 12.5. The lowest BCUT2D eigenvalue weighted by atomic mass is 10.2. The second kappa shape index (κ2) is 6.05. The van der Waals surface area contributed by atoms with Crippen LogP contribution in [-0.2, 0) is 14.1 Å². The van der Waals surface area contributed by atoms with Gasteiger partial charge in [-0.2, -0.15) is 0 Å². The lowest BCUT2D eigenvalue weighted by Gasteiger charge is -2.12. The molecule has 0 bridgehead atoms. The zero-order valence-corrected chi connectivity index (χ0v) is 14.0. The summed E-state index contributed by atoms with van der Waals surface area (Å²) >= 11 is 1.67. The van der Waals surface area contributed by atoms with Gasteiger partial charge in [-0.25, -0.2) is 9.78 Å². The van der Waals surface area contributed by atoms with Crippen molar-refractivity contribution in [3.05, 3.63) is 32.6 Å². The van der Waals surface area contributed by atoms with Crippen LogP contribution in [0.25, 0.3) is 11.0 Å². The molecule has 0 spiro atoms. The van der Waals surface area contributed by atoms with Gasteiger partial charge in [0.05, 0.1) is 5.39 Å². The third kappa shape index (κ3) is 2.90. The third-order valence-corrected chi connectivity index (χ3v) is 4.80. The molecule has 0 aliphatic rings. The Labute approximate surface area is 128 Å². The Morgan fingerprint density at radius 2 is 1.90 bits per heavy atom. The van der Waals surface area contributed by atoms with E-state index in [0.717, 1.165) is 27.2 Å². The Morgan fingerprint density at radius 3 is 2.52 bits per heavy atom.